The number of aryl methyl sites for hydroxylation is 2. The highest BCUT2D eigenvalue weighted by atomic mass is 19.1. The standard InChI is InChI=1S/C22H25FN4O4/c1-3-5-13-27-20-19(21(29)25-22(27)30)26(12-4-2)17(24-20)14-31-18(28)11-8-15-6-9-16(23)10-7-15/h6-11H,3-5,12-14H2,1-2H3,(H,25,29,30). The Hall–Kier alpha value is -3.49. The van der Waals surface area contributed by atoms with Gasteiger partial charge in [-0.2, -0.15) is 0 Å². The number of hydrogen-bond acceptors (Lipinski definition) is 5. The van der Waals surface area contributed by atoms with E-state index in [1.165, 1.54) is 28.9 Å². The lowest BCUT2D eigenvalue weighted by Crippen LogP contribution is -2.31. The first kappa shape index (κ1) is 22.2. The molecule has 8 nitrogen and oxygen atoms in total. The number of hydrogen-bond donors (Lipinski definition) is 1. The van der Waals surface area contributed by atoms with Crippen molar-refractivity contribution in [3.8, 4) is 0 Å². The molecular weight excluding hydrogens is 403 g/mol. The van der Waals surface area contributed by atoms with Gasteiger partial charge in [0.15, 0.2) is 11.2 Å². The molecule has 1 N–H and O–H groups in total. The highest BCUT2D eigenvalue weighted by Crippen LogP contribution is 2.14. The first-order chi connectivity index (χ1) is 14.9. The first-order valence-corrected chi connectivity index (χ1v) is 10.3. The number of benzene rings is 1. The van der Waals surface area contributed by atoms with E-state index >= 15 is 0 Å². The van der Waals surface area contributed by atoms with Crippen LogP contribution in [-0.4, -0.2) is 25.1 Å². The number of carbonyl (C=O) groups excluding carboxylic acids is 1. The van der Waals surface area contributed by atoms with Crippen LogP contribution in [0.3, 0.4) is 0 Å². The van der Waals surface area contributed by atoms with E-state index in [2.05, 4.69) is 9.97 Å². The Morgan fingerprint density at radius 3 is 2.55 bits per heavy atom. The number of rotatable bonds is 9. The molecule has 0 saturated heterocycles. The van der Waals surface area contributed by atoms with E-state index in [0.717, 1.165) is 19.3 Å². The second-order valence-corrected chi connectivity index (χ2v) is 7.11. The minimum atomic E-state index is -0.600. The molecule has 0 aliphatic rings. The fraction of sp³-hybridized carbons (Fsp3) is 0.364. The van der Waals surface area contributed by atoms with Crippen molar-refractivity contribution in [2.45, 2.75) is 52.8 Å². The average molecular weight is 428 g/mol. The Morgan fingerprint density at radius 1 is 1.13 bits per heavy atom. The molecule has 0 amide bonds. The number of fused-ring (bicyclic) bond motifs is 1. The van der Waals surface area contributed by atoms with Gasteiger partial charge >= 0.3 is 11.7 Å². The van der Waals surface area contributed by atoms with E-state index in [-0.39, 0.29) is 12.4 Å². The summed E-state index contributed by atoms with van der Waals surface area (Å²) in [5, 5.41) is 0. The van der Waals surface area contributed by atoms with Crippen LogP contribution in [0.4, 0.5) is 4.39 Å². The van der Waals surface area contributed by atoms with Gasteiger partial charge < -0.3 is 9.30 Å². The van der Waals surface area contributed by atoms with Crippen LogP contribution in [0.1, 0.15) is 44.5 Å². The lowest BCUT2D eigenvalue weighted by Gasteiger charge is -2.08. The maximum atomic E-state index is 13.0. The molecule has 0 radical (unpaired) electrons. The topological polar surface area (TPSA) is 99.0 Å². The summed E-state index contributed by atoms with van der Waals surface area (Å²) in [4.78, 5) is 43.7. The van der Waals surface area contributed by atoms with Gasteiger partial charge in [-0.3, -0.25) is 14.3 Å². The third kappa shape index (κ3) is 5.17. The predicted molar refractivity (Wildman–Crippen MR) is 115 cm³/mol. The maximum absolute atomic E-state index is 13.0. The van der Waals surface area contributed by atoms with Gasteiger partial charge in [-0.25, -0.2) is 19.0 Å². The molecule has 2 heterocycles. The van der Waals surface area contributed by atoms with E-state index in [9.17, 15) is 18.8 Å². The third-order valence-corrected chi connectivity index (χ3v) is 4.77. The van der Waals surface area contributed by atoms with E-state index in [0.29, 0.717) is 35.6 Å². The molecule has 0 spiro atoms. The van der Waals surface area contributed by atoms with Crippen molar-refractivity contribution < 1.29 is 13.9 Å². The van der Waals surface area contributed by atoms with Crippen LogP contribution in [0, 0.1) is 5.82 Å². The quantitative estimate of drug-likeness (QED) is 0.417. The van der Waals surface area contributed by atoms with Crippen LogP contribution < -0.4 is 11.2 Å². The van der Waals surface area contributed by atoms with E-state index in [4.69, 9.17) is 4.74 Å². The smallest absolute Gasteiger partial charge is 0.331 e. The average Bonchev–Trinajstić information content (AvgIpc) is 3.10. The molecule has 0 atom stereocenters. The van der Waals surface area contributed by atoms with Crippen LogP contribution in [0.5, 0.6) is 0 Å². The van der Waals surface area contributed by atoms with Crippen molar-refractivity contribution in [1.82, 2.24) is 19.1 Å². The summed E-state index contributed by atoms with van der Waals surface area (Å²) >= 11 is 0. The zero-order valence-corrected chi connectivity index (χ0v) is 17.6. The molecule has 2 aromatic heterocycles. The summed E-state index contributed by atoms with van der Waals surface area (Å²) < 4.78 is 21.4. The Kier molecular flexibility index (Phi) is 7.17. The SMILES string of the molecule is CCCCn1c(=O)[nH]c(=O)c2c1nc(COC(=O)C=Cc1ccc(F)cc1)n2CCC. The summed E-state index contributed by atoms with van der Waals surface area (Å²) in [7, 11) is 0. The van der Waals surface area contributed by atoms with Gasteiger partial charge in [-0.15, -0.1) is 0 Å². The second-order valence-electron chi connectivity index (χ2n) is 7.11. The van der Waals surface area contributed by atoms with Crippen molar-refractivity contribution >= 4 is 23.2 Å². The first-order valence-electron chi connectivity index (χ1n) is 10.3. The molecule has 0 bridgehead atoms. The Bertz CT molecular complexity index is 1210. The zero-order chi connectivity index (χ0) is 22.4. The van der Waals surface area contributed by atoms with Crippen molar-refractivity contribution in [3.05, 3.63) is 68.4 Å². The Morgan fingerprint density at radius 2 is 1.87 bits per heavy atom. The number of H-pyrrole nitrogens is 1. The van der Waals surface area contributed by atoms with Gasteiger partial charge in [0, 0.05) is 19.2 Å². The highest BCUT2D eigenvalue weighted by Gasteiger charge is 2.18. The summed E-state index contributed by atoms with van der Waals surface area (Å²) in [6.45, 7) is 4.74. The number of unbranched alkanes of at least 4 members (excludes halogenated alkanes) is 1. The van der Waals surface area contributed by atoms with Crippen molar-refractivity contribution in [1.29, 1.82) is 0 Å². The number of halogens is 1. The predicted octanol–water partition coefficient (Wildman–Crippen LogP) is 2.99. The summed E-state index contributed by atoms with van der Waals surface area (Å²) in [6, 6.07) is 5.69. The van der Waals surface area contributed by atoms with Crippen LogP contribution in [-0.2, 0) is 29.2 Å². The lowest BCUT2D eigenvalue weighted by atomic mass is 10.2. The number of imidazole rings is 1. The number of aromatic amines is 1. The fourth-order valence-corrected chi connectivity index (χ4v) is 3.24. The number of aromatic nitrogens is 4. The summed E-state index contributed by atoms with van der Waals surface area (Å²) in [5.41, 5.74) is 0.234. The fourth-order valence-electron chi connectivity index (χ4n) is 3.24. The van der Waals surface area contributed by atoms with E-state index in [1.54, 1.807) is 16.7 Å². The molecule has 0 unspecified atom stereocenters. The van der Waals surface area contributed by atoms with Gasteiger partial charge in [-0.05, 0) is 36.6 Å². The molecule has 31 heavy (non-hydrogen) atoms. The van der Waals surface area contributed by atoms with E-state index in [1.807, 2.05) is 13.8 Å². The van der Waals surface area contributed by atoms with Gasteiger partial charge in [0.25, 0.3) is 5.56 Å². The largest absolute Gasteiger partial charge is 0.454 e. The zero-order valence-electron chi connectivity index (χ0n) is 17.6. The maximum Gasteiger partial charge on any atom is 0.331 e. The minimum Gasteiger partial charge on any atom is -0.454 e. The van der Waals surface area contributed by atoms with Crippen LogP contribution in [0.25, 0.3) is 17.2 Å². The molecule has 0 aliphatic heterocycles. The molecule has 3 aromatic rings. The van der Waals surface area contributed by atoms with Gasteiger partial charge in [-0.1, -0.05) is 32.4 Å². The molecule has 0 saturated carbocycles. The van der Waals surface area contributed by atoms with Crippen molar-refractivity contribution in [2.24, 2.45) is 0 Å². The van der Waals surface area contributed by atoms with Crippen LogP contribution in [0.15, 0.2) is 39.9 Å². The lowest BCUT2D eigenvalue weighted by molar-refractivity contribution is -0.139. The van der Waals surface area contributed by atoms with Crippen molar-refractivity contribution in [3.63, 3.8) is 0 Å². The summed E-state index contributed by atoms with van der Waals surface area (Å²) in [5.74, 6) is -0.569. The Balaban J connectivity index is 1.87. The number of ether oxygens (including phenoxy) is 1. The number of esters is 1. The minimum absolute atomic E-state index is 0.150. The Labute approximate surface area is 178 Å². The normalized spacial score (nSPS) is 11.5. The molecule has 1 aromatic carbocycles. The molecule has 0 fully saturated rings. The van der Waals surface area contributed by atoms with Crippen LogP contribution in [0.2, 0.25) is 0 Å². The monoisotopic (exact) mass is 428 g/mol. The number of nitrogens with one attached hydrogen (secondary N) is 1. The highest BCUT2D eigenvalue weighted by molar-refractivity contribution is 5.87. The van der Waals surface area contributed by atoms with Crippen molar-refractivity contribution in [2.75, 3.05) is 0 Å². The summed E-state index contributed by atoms with van der Waals surface area (Å²) in [6.07, 6.45) is 5.13. The molecule has 9 heteroatoms. The molecule has 3 rings (SSSR count). The number of nitrogens with zero attached hydrogens (tertiary/aromatic N) is 3. The van der Waals surface area contributed by atoms with Gasteiger partial charge in [0.1, 0.15) is 18.2 Å². The number of carbonyl (C=O) groups is 1. The molecular formula is C22H25FN4O4. The molecule has 164 valence electrons. The third-order valence-electron chi connectivity index (χ3n) is 4.77. The van der Waals surface area contributed by atoms with Crippen LogP contribution >= 0.6 is 0 Å². The van der Waals surface area contributed by atoms with Gasteiger partial charge in [0.2, 0.25) is 0 Å². The molecule has 0 aliphatic carbocycles. The van der Waals surface area contributed by atoms with Gasteiger partial charge in [0.05, 0.1) is 0 Å². The van der Waals surface area contributed by atoms with E-state index < -0.39 is 17.2 Å². The second kappa shape index (κ2) is 10.0.